The second kappa shape index (κ2) is 6.54. The number of hydrogen-bond acceptors (Lipinski definition) is 6. The minimum Gasteiger partial charge on any atom is -0.474 e. The maximum atomic E-state index is 5.98. The minimum absolute atomic E-state index is 0.0364. The van der Waals surface area contributed by atoms with Gasteiger partial charge in [0.05, 0.1) is 29.4 Å². The van der Waals surface area contributed by atoms with Crippen molar-refractivity contribution in [2.45, 2.75) is 6.10 Å². The average Bonchev–Trinajstić information content (AvgIpc) is 3.07. The first-order valence-electron chi connectivity index (χ1n) is 7.99. The van der Waals surface area contributed by atoms with Crippen molar-refractivity contribution in [1.82, 2.24) is 25.1 Å². The third-order valence-corrected chi connectivity index (χ3v) is 3.98. The van der Waals surface area contributed by atoms with Crippen LogP contribution in [0.25, 0.3) is 22.2 Å². The number of fused-ring (bicyclic) bond motifs is 1. The van der Waals surface area contributed by atoms with E-state index in [4.69, 9.17) is 9.47 Å². The van der Waals surface area contributed by atoms with Gasteiger partial charge in [0.25, 0.3) is 0 Å². The SMILES string of the molecule is Cn1cc(-c2cc3ncccc3c(OCC3CNCCO3)n2)cn1. The van der Waals surface area contributed by atoms with E-state index in [0.29, 0.717) is 19.1 Å². The van der Waals surface area contributed by atoms with E-state index in [1.807, 2.05) is 31.4 Å². The molecule has 0 aliphatic carbocycles. The number of nitrogens with zero attached hydrogens (tertiary/aromatic N) is 4. The highest BCUT2D eigenvalue weighted by atomic mass is 16.5. The van der Waals surface area contributed by atoms with E-state index in [9.17, 15) is 0 Å². The lowest BCUT2D eigenvalue weighted by atomic mass is 10.2. The van der Waals surface area contributed by atoms with Crippen LogP contribution in [-0.2, 0) is 11.8 Å². The molecule has 1 atom stereocenters. The van der Waals surface area contributed by atoms with Crippen LogP contribution in [0.2, 0.25) is 0 Å². The predicted octanol–water partition coefficient (Wildman–Crippen LogP) is 1.40. The summed E-state index contributed by atoms with van der Waals surface area (Å²) in [6.45, 7) is 2.84. The Kier molecular flexibility index (Phi) is 4.10. The summed E-state index contributed by atoms with van der Waals surface area (Å²) in [6, 6.07) is 5.81. The van der Waals surface area contributed by atoms with Gasteiger partial charge < -0.3 is 14.8 Å². The van der Waals surface area contributed by atoms with Gasteiger partial charge in [-0.2, -0.15) is 5.10 Å². The van der Waals surface area contributed by atoms with Crippen LogP contribution in [-0.4, -0.2) is 52.2 Å². The average molecular weight is 325 g/mol. The van der Waals surface area contributed by atoms with E-state index >= 15 is 0 Å². The molecule has 3 aromatic rings. The molecule has 0 radical (unpaired) electrons. The fraction of sp³-hybridized carbons (Fsp3) is 0.353. The molecule has 0 aromatic carbocycles. The van der Waals surface area contributed by atoms with Gasteiger partial charge in [-0.25, -0.2) is 4.98 Å². The van der Waals surface area contributed by atoms with Gasteiger partial charge in [-0.3, -0.25) is 9.67 Å². The molecule has 124 valence electrons. The van der Waals surface area contributed by atoms with Crippen molar-refractivity contribution in [2.24, 2.45) is 7.05 Å². The van der Waals surface area contributed by atoms with Gasteiger partial charge in [-0.05, 0) is 18.2 Å². The van der Waals surface area contributed by atoms with Crippen LogP contribution in [0.5, 0.6) is 5.88 Å². The smallest absolute Gasteiger partial charge is 0.223 e. The summed E-state index contributed by atoms with van der Waals surface area (Å²) in [5.74, 6) is 0.577. The van der Waals surface area contributed by atoms with Gasteiger partial charge >= 0.3 is 0 Å². The molecule has 24 heavy (non-hydrogen) atoms. The summed E-state index contributed by atoms with van der Waals surface area (Å²) in [7, 11) is 1.88. The van der Waals surface area contributed by atoms with Gasteiger partial charge in [0, 0.05) is 38.1 Å². The Hall–Kier alpha value is -2.51. The first-order chi connectivity index (χ1) is 11.8. The summed E-state index contributed by atoms with van der Waals surface area (Å²) in [4.78, 5) is 9.12. The van der Waals surface area contributed by atoms with Crippen LogP contribution in [0.4, 0.5) is 0 Å². The Morgan fingerprint density at radius 2 is 2.42 bits per heavy atom. The summed E-state index contributed by atoms with van der Waals surface area (Å²) in [5, 5.41) is 8.41. The molecule has 1 saturated heterocycles. The largest absolute Gasteiger partial charge is 0.474 e. The normalized spacial score (nSPS) is 18.0. The van der Waals surface area contributed by atoms with Gasteiger partial charge in [-0.1, -0.05) is 0 Å². The topological polar surface area (TPSA) is 74.1 Å². The van der Waals surface area contributed by atoms with E-state index in [-0.39, 0.29) is 6.10 Å². The fourth-order valence-electron chi connectivity index (χ4n) is 2.75. The molecule has 1 fully saturated rings. The van der Waals surface area contributed by atoms with Crippen molar-refractivity contribution in [3.8, 4) is 17.1 Å². The van der Waals surface area contributed by atoms with E-state index in [1.54, 1.807) is 17.1 Å². The second-order valence-corrected chi connectivity index (χ2v) is 5.79. The molecule has 7 heteroatoms. The zero-order valence-electron chi connectivity index (χ0n) is 13.5. The Balaban J connectivity index is 1.66. The molecular weight excluding hydrogens is 306 g/mol. The van der Waals surface area contributed by atoms with E-state index in [1.165, 1.54) is 0 Å². The number of nitrogens with one attached hydrogen (secondary N) is 1. The summed E-state index contributed by atoms with van der Waals surface area (Å²) >= 11 is 0. The van der Waals surface area contributed by atoms with Crippen molar-refractivity contribution in [1.29, 1.82) is 0 Å². The molecule has 1 N–H and O–H groups in total. The molecule has 4 rings (SSSR count). The quantitative estimate of drug-likeness (QED) is 0.781. The van der Waals surface area contributed by atoms with Crippen molar-refractivity contribution in [2.75, 3.05) is 26.3 Å². The first kappa shape index (κ1) is 15.0. The minimum atomic E-state index is 0.0364. The highest BCUT2D eigenvalue weighted by Gasteiger charge is 2.16. The number of aromatic nitrogens is 4. The molecule has 0 amide bonds. The van der Waals surface area contributed by atoms with E-state index in [0.717, 1.165) is 35.2 Å². The van der Waals surface area contributed by atoms with Crippen LogP contribution < -0.4 is 10.1 Å². The van der Waals surface area contributed by atoms with E-state index in [2.05, 4.69) is 20.4 Å². The maximum Gasteiger partial charge on any atom is 0.223 e. The third kappa shape index (κ3) is 3.08. The number of morpholine rings is 1. The van der Waals surface area contributed by atoms with Gasteiger partial charge in [0.15, 0.2) is 0 Å². The lowest BCUT2D eigenvalue weighted by molar-refractivity contribution is -0.000365. The molecule has 1 unspecified atom stereocenters. The Morgan fingerprint density at radius 1 is 1.46 bits per heavy atom. The molecular formula is C17H19N5O2. The number of aryl methyl sites for hydroxylation is 1. The highest BCUT2D eigenvalue weighted by Crippen LogP contribution is 2.28. The summed E-state index contributed by atoms with van der Waals surface area (Å²) < 4.78 is 13.4. The lowest BCUT2D eigenvalue weighted by Gasteiger charge is -2.23. The summed E-state index contributed by atoms with van der Waals surface area (Å²) in [6.07, 6.45) is 5.52. The Bertz CT molecular complexity index is 842. The molecule has 1 aliphatic heterocycles. The third-order valence-electron chi connectivity index (χ3n) is 3.98. The maximum absolute atomic E-state index is 5.98. The molecule has 4 heterocycles. The number of ether oxygens (including phenoxy) is 2. The Labute approximate surface area is 139 Å². The Morgan fingerprint density at radius 3 is 3.21 bits per heavy atom. The highest BCUT2D eigenvalue weighted by molar-refractivity contribution is 5.86. The zero-order valence-corrected chi connectivity index (χ0v) is 13.5. The zero-order chi connectivity index (χ0) is 16.4. The van der Waals surface area contributed by atoms with Crippen molar-refractivity contribution < 1.29 is 9.47 Å². The number of pyridine rings is 2. The van der Waals surface area contributed by atoms with Gasteiger partial charge in [0.2, 0.25) is 5.88 Å². The first-order valence-corrected chi connectivity index (χ1v) is 7.99. The van der Waals surface area contributed by atoms with Crippen molar-refractivity contribution >= 4 is 10.9 Å². The van der Waals surface area contributed by atoms with Crippen LogP contribution >= 0.6 is 0 Å². The van der Waals surface area contributed by atoms with Crippen LogP contribution in [0.1, 0.15) is 0 Å². The fourth-order valence-corrected chi connectivity index (χ4v) is 2.75. The van der Waals surface area contributed by atoms with Crippen LogP contribution in [0.3, 0.4) is 0 Å². The second-order valence-electron chi connectivity index (χ2n) is 5.79. The van der Waals surface area contributed by atoms with E-state index < -0.39 is 0 Å². The van der Waals surface area contributed by atoms with Crippen LogP contribution in [0, 0.1) is 0 Å². The summed E-state index contributed by atoms with van der Waals surface area (Å²) in [5.41, 5.74) is 2.58. The van der Waals surface area contributed by atoms with Crippen molar-refractivity contribution in [3.05, 3.63) is 36.8 Å². The van der Waals surface area contributed by atoms with Gasteiger partial charge in [-0.15, -0.1) is 0 Å². The van der Waals surface area contributed by atoms with Crippen LogP contribution in [0.15, 0.2) is 36.8 Å². The monoisotopic (exact) mass is 325 g/mol. The standard InChI is InChI=1S/C17H19N5O2/c1-22-10-12(8-20-22)15-7-16-14(3-2-4-19-16)17(21-15)24-11-13-9-18-5-6-23-13/h2-4,7-8,10,13,18H,5-6,9,11H2,1H3. The predicted molar refractivity (Wildman–Crippen MR) is 89.8 cm³/mol. The molecule has 1 aliphatic rings. The lowest BCUT2D eigenvalue weighted by Crippen LogP contribution is -2.41. The number of rotatable bonds is 4. The molecule has 7 nitrogen and oxygen atoms in total. The molecule has 0 spiro atoms. The number of hydrogen-bond donors (Lipinski definition) is 1. The molecule has 0 bridgehead atoms. The van der Waals surface area contributed by atoms with Gasteiger partial charge in [0.1, 0.15) is 12.7 Å². The van der Waals surface area contributed by atoms with Crippen molar-refractivity contribution in [3.63, 3.8) is 0 Å². The molecule has 0 saturated carbocycles. The molecule has 3 aromatic heterocycles.